The van der Waals surface area contributed by atoms with Crippen molar-refractivity contribution in [1.29, 1.82) is 5.26 Å². The van der Waals surface area contributed by atoms with Gasteiger partial charge in [-0.2, -0.15) is 5.26 Å². The van der Waals surface area contributed by atoms with Crippen molar-refractivity contribution in [2.24, 2.45) is 0 Å². The van der Waals surface area contributed by atoms with E-state index in [2.05, 4.69) is 16.0 Å². The summed E-state index contributed by atoms with van der Waals surface area (Å²) in [6.07, 6.45) is 1.78. The maximum Gasteiger partial charge on any atom is 0.251 e. The molecule has 6 heteroatoms. The molecule has 2 N–H and O–H groups in total. The van der Waals surface area contributed by atoms with Gasteiger partial charge in [0.25, 0.3) is 5.56 Å². The van der Waals surface area contributed by atoms with Crippen LogP contribution in [-0.4, -0.2) is 14.5 Å². The average molecular weight is 422 g/mol. The van der Waals surface area contributed by atoms with Crippen LogP contribution in [0, 0.1) is 25.2 Å². The van der Waals surface area contributed by atoms with Gasteiger partial charge in [-0.1, -0.05) is 42.0 Å². The van der Waals surface area contributed by atoms with Crippen molar-refractivity contribution in [3.63, 3.8) is 0 Å². The van der Waals surface area contributed by atoms with Gasteiger partial charge in [0.15, 0.2) is 0 Å². The van der Waals surface area contributed by atoms with Crippen LogP contribution in [0.25, 0.3) is 22.5 Å². The van der Waals surface area contributed by atoms with Crippen LogP contribution in [0.1, 0.15) is 35.2 Å². The number of nitrogens with zero attached hydrogens (tertiary/aromatic N) is 4. The third-order valence-corrected chi connectivity index (χ3v) is 5.69. The topological polar surface area (TPSA) is 97.6 Å². The number of anilines is 1. The summed E-state index contributed by atoms with van der Waals surface area (Å²) in [5, 5.41) is 9.33. The van der Waals surface area contributed by atoms with E-state index in [0.29, 0.717) is 22.5 Å². The lowest BCUT2D eigenvalue weighted by molar-refractivity contribution is 0.615. The molecule has 0 bridgehead atoms. The smallest absolute Gasteiger partial charge is 0.251 e. The van der Waals surface area contributed by atoms with Crippen molar-refractivity contribution in [2.45, 2.75) is 26.8 Å². The standard InChI is InChI=1S/C26H23N5O/c1-16-7-9-19(10-8-16)18(3)31-12-11-20(13-25(31)32)23-14-24(30-26(28)29-23)22-6-4-5-21(15-27)17(22)2/h4-14,18H,1-3H3,(H2,28,29,30). The zero-order valence-electron chi connectivity index (χ0n) is 18.2. The summed E-state index contributed by atoms with van der Waals surface area (Å²) in [7, 11) is 0. The first-order valence-electron chi connectivity index (χ1n) is 10.3. The summed E-state index contributed by atoms with van der Waals surface area (Å²) >= 11 is 0. The predicted molar refractivity (Wildman–Crippen MR) is 126 cm³/mol. The molecule has 32 heavy (non-hydrogen) atoms. The Morgan fingerprint density at radius 1 is 1.00 bits per heavy atom. The number of aromatic nitrogens is 3. The van der Waals surface area contributed by atoms with Crippen LogP contribution in [0.4, 0.5) is 5.95 Å². The highest BCUT2D eigenvalue weighted by Gasteiger charge is 2.14. The Morgan fingerprint density at radius 2 is 1.72 bits per heavy atom. The van der Waals surface area contributed by atoms with Crippen molar-refractivity contribution in [3.8, 4) is 28.6 Å². The lowest BCUT2D eigenvalue weighted by Crippen LogP contribution is -2.22. The van der Waals surface area contributed by atoms with E-state index in [1.165, 1.54) is 5.56 Å². The number of hydrogen-bond acceptors (Lipinski definition) is 5. The molecule has 1 atom stereocenters. The molecule has 0 spiro atoms. The maximum absolute atomic E-state index is 12.9. The lowest BCUT2D eigenvalue weighted by atomic mass is 9.99. The van der Waals surface area contributed by atoms with Gasteiger partial charge < -0.3 is 10.3 Å². The highest BCUT2D eigenvalue weighted by Crippen LogP contribution is 2.28. The molecule has 0 fully saturated rings. The molecular formula is C26H23N5O. The van der Waals surface area contributed by atoms with Gasteiger partial charge in [0.2, 0.25) is 5.95 Å². The fourth-order valence-electron chi connectivity index (χ4n) is 3.76. The first-order valence-corrected chi connectivity index (χ1v) is 10.3. The van der Waals surface area contributed by atoms with Crippen molar-refractivity contribution in [3.05, 3.63) is 99.5 Å². The molecule has 0 saturated heterocycles. The van der Waals surface area contributed by atoms with E-state index in [0.717, 1.165) is 16.7 Å². The summed E-state index contributed by atoms with van der Waals surface area (Å²) in [4.78, 5) is 21.6. The first-order chi connectivity index (χ1) is 15.4. The third kappa shape index (κ3) is 4.01. The van der Waals surface area contributed by atoms with E-state index >= 15 is 0 Å². The molecule has 2 aromatic carbocycles. The summed E-state index contributed by atoms with van der Waals surface area (Å²) in [5.41, 5.74) is 12.1. The molecule has 6 nitrogen and oxygen atoms in total. The maximum atomic E-state index is 12.9. The Hall–Kier alpha value is -4.24. The van der Waals surface area contributed by atoms with E-state index in [1.807, 2.05) is 63.2 Å². The summed E-state index contributed by atoms with van der Waals surface area (Å²) in [5.74, 6) is 0.108. The second-order valence-electron chi connectivity index (χ2n) is 7.83. The first kappa shape index (κ1) is 21.0. The highest BCUT2D eigenvalue weighted by molar-refractivity contribution is 5.72. The van der Waals surface area contributed by atoms with Crippen LogP contribution in [0.3, 0.4) is 0 Å². The Bertz CT molecular complexity index is 1400. The Morgan fingerprint density at radius 3 is 2.41 bits per heavy atom. The number of nitrogens with two attached hydrogens (primary N) is 1. The lowest BCUT2D eigenvalue weighted by Gasteiger charge is -2.16. The van der Waals surface area contributed by atoms with E-state index in [-0.39, 0.29) is 17.5 Å². The number of benzene rings is 2. The number of pyridine rings is 1. The largest absolute Gasteiger partial charge is 0.368 e. The summed E-state index contributed by atoms with van der Waals surface area (Å²) < 4.78 is 1.69. The van der Waals surface area contributed by atoms with Crippen molar-refractivity contribution >= 4 is 5.95 Å². The highest BCUT2D eigenvalue weighted by atomic mass is 16.1. The van der Waals surface area contributed by atoms with E-state index in [4.69, 9.17) is 5.73 Å². The van der Waals surface area contributed by atoms with Crippen molar-refractivity contribution in [2.75, 3.05) is 5.73 Å². The average Bonchev–Trinajstić information content (AvgIpc) is 2.79. The van der Waals surface area contributed by atoms with Crippen LogP contribution in [-0.2, 0) is 0 Å². The Labute approximate surface area is 186 Å². The molecule has 158 valence electrons. The fourth-order valence-corrected chi connectivity index (χ4v) is 3.76. The SMILES string of the molecule is Cc1ccc(C(C)n2ccc(-c3cc(-c4cccc(C#N)c4C)nc(N)n3)cc2=O)cc1. The molecule has 1 unspecified atom stereocenters. The van der Waals surface area contributed by atoms with E-state index in [9.17, 15) is 10.1 Å². The van der Waals surface area contributed by atoms with Gasteiger partial charge in [-0.3, -0.25) is 4.79 Å². The zero-order chi connectivity index (χ0) is 22.8. The van der Waals surface area contributed by atoms with Gasteiger partial charge in [0.05, 0.1) is 29.1 Å². The number of nitriles is 1. The Kier molecular flexibility index (Phi) is 5.57. The molecule has 0 radical (unpaired) electrons. The molecule has 0 aliphatic rings. The number of hydrogen-bond donors (Lipinski definition) is 1. The van der Waals surface area contributed by atoms with Crippen molar-refractivity contribution in [1.82, 2.24) is 14.5 Å². The molecule has 4 aromatic rings. The number of aryl methyl sites for hydroxylation is 1. The Balaban J connectivity index is 1.74. The van der Waals surface area contributed by atoms with Gasteiger partial charge >= 0.3 is 0 Å². The van der Waals surface area contributed by atoms with Gasteiger partial charge in [-0.25, -0.2) is 9.97 Å². The normalized spacial score (nSPS) is 11.7. The second kappa shape index (κ2) is 8.48. The molecule has 2 heterocycles. The second-order valence-corrected chi connectivity index (χ2v) is 7.83. The van der Waals surface area contributed by atoms with Gasteiger partial charge in [0, 0.05) is 23.4 Å². The minimum absolute atomic E-state index is 0.0976. The predicted octanol–water partition coefficient (Wildman–Crippen LogP) is 4.65. The van der Waals surface area contributed by atoms with Crippen LogP contribution < -0.4 is 11.3 Å². The van der Waals surface area contributed by atoms with Gasteiger partial charge in [-0.15, -0.1) is 0 Å². The van der Waals surface area contributed by atoms with E-state index < -0.39 is 0 Å². The zero-order valence-corrected chi connectivity index (χ0v) is 18.2. The van der Waals surface area contributed by atoms with Crippen LogP contribution in [0.2, 0.25) is 0 Å². The molecule has 4 rings (SSSR count). The van der Waals surface area contributed by atoms with Crippen molar-refractivity contribution < 1.29 is 0 Å². The van der Waals surface area contributed by atoms with Crippen LogP contribution in [0.5, 0.6) is 0 Å². The molecule has 0 aliphatic heterocycles. The molecule has 0 aliphatic carbocycles. The summed E-state index contributed by atoms with van der Waals surface area (Å²) in [6, 6.07) is 20.9. The minimum atomic E-state index is -0.128. The fraction of sp³-hybridized carbons (Fsp3) is 0.154. The molecular weight excluding hydrogens is 398 g/mol. The number of nitrogen functional groups attached to an aromatic ring is 1. The molecule has 0 amide bonds. The van der Waals surface area contributed by atoms with E-state index in [1.54, 1.807) is 29.0 Å². The third-order valence-electron chi connectivity index (χ3n) is 5.69. The quantitative estimate of drug-likeness (QED) is 0.517. The van der Waals surface area contributed by atoms with Crippen LogP contribution in [0.15, 0.2) is 71.7 Å². The van der Waals surface area contributed by atoms with Gasteiger partial charge in [0.1, 0.15) is 0 Å². The molecule has 2 aromatic heterocycles. The van der Waals surface area contributed by atoms with Crippen LogP contribution >= 0.6 is 0 Å². The minimum Gasteiger partial charge on any atom is -0.368 e. The monoisotopic (exact) mass is 421 g/mol. The molecule has 0 saturated carbocycles. The van der Waals surface area contributed by atoms with Gasteiger partial charge in [-0.05, 0) is 50.1 Å². The number of rotatable bonds is 4. The summed E-state index contributed by atoms with van der Waals surface area (Å²) in [6.45, 7) is 5.91.